The highest BCUT2D eigenvalue weighted by molar-refractivity contribution is 7.10. The van der Waals surface area contributed by atoms with Crippen molar-refractivity contribution >= 4 is 40.0 Å². The number of fused-ring (bicyclic) bond motifs is 1. The maximum absolute atomic E-state index is 15.1. The number of halogens is 2. The Labute approximate surface area is 228 Å². The van der Waals surface area contributed by atoms with E-state index in [4.69, 9.17) is 27.2 Å². The summed E-state index contributed by atoms with van der Waals surface area (Å²) in [4.78, 5) is 17.7. The minimum atomic E-state index is -0.836. The second kappa shape index (κ2) is 10.6. The van der Waals surface area contributed by atoms with Crippen LogP contribution in [0.25, 0.3) is 16.9 Å². The second-order valence-electron chi connectivity index (χ2n) is 9.51. The summed E-state index contributed by atoms with van der Waals surface area (Å²) < 4.78 is 27.3. The number of hydrogen-bond acceptors (Lipinski definition) is 7. The number of rotatable bonds is 7. The third kappa shape index (κ3) is 5.16. The van der Waals surface area contributed by atoms with Crippen molar-refractivity contribution in [3.05, 3.63) is 64.3 Å². The van der Waals surface area contributed by atoms with Gasteiger partial charge in [-0.15, -0.1) is 0 Å². The molecule has 2 amide bonds. The van der Waals surface area contributed by atoms with Crippen LogP contribution < -0.4 is 20.7 Å². The molecule has 2 aromatic heterocycles. The van der Waals surface area contributed by atoms with Gasteiger partial charge in [0, 0.05) is 42.2 Å². The Balaban J connectivity index is 1.68. The molecule has 0 saturated carbocycles. The fourth-order valence-corrected chi connectivity index (χ4v) is 5.32. The number of urea groups is 1. The predicted octanol–water partition coefficient (Wildman–Crippen LogP) is 5.58. The number of amides is 2. The van der Waals surface area contributed by atoms with Crippen LogP contribution in [0.5, 0.6) is 5.75 Å². The van der Waals surface area contributed by atoms with Crippen LogP contribution in [0.4, 0.5) is 20.0 Å². The van der Waals surface area contributed by atoms with Crippen LogP contribution in [-0.2, 0) is 13.0 Å². The number of primary amides is 1. The Hall–Kier alpha value is -3.70. The van der Waals surface area contributed by atoms with E-state index in [1.54, 1.807) is 6.07 Å². The zero-order valence-electron chi connectivity index (χ0n) is 21.2. The molecule has 0 unspecified atom stereocenters. The first-order valence-corrected chi connectivity index (χ1v) is 13.3. The minimum Gasteiger partial charge on any atom is -0.491 e. The van der Waals surface area contributed by atoms with E-state index in [-0.39, 0.29) is 11.0 Å². The molecule has 0 fully saturated rings. The van der Waals surface area contributed by atoms with Crippen LogP contribution >= 0.6 is 23.1 Å². The van der Waals surface area contributed by atoms with Gasteiger partial charge < -0.3 is 20.7 Å². The van der Waals surface area contributed by atoms with Gasteiger partial charge in [-0.3, -0.25) is 0 Å². The third-order valence-corrected chi connectivity index (χ3v) is 7.23. The zero-order valence-corrected chi connectivity index (χ0v) is 22.7. The number of aromatic nitrogens is 4. The summed E-state index contributed by atoms with van der Waals surface area (Å²) in [6, 6.07) is 9.66. The SMILES string of the molecule is Cc1cccc(OCC(C)C)c1-n1nc2c(c1-c1ccc(NC(N)=O)c(F)c1)CN(c1nc(Cl)ns1)CC2. The number of benzene rings is 2. The molecule has 9 nitrogen and oxygen atoms in total. The molecule has 4 aromatic rings. The summed E-state index contributed by atoms with van der Waals surface area (Å²) >= 11 is 7.23. The number of nitrogens with zero attached hydrogens (tertiary/aromatic N) is 5. The van der Waals surface area contributed by atoms with Gasteiger partial charge in [0.05, 0.1) is 23.7 Å². The number of anilines is 2. The molecule has 198 valence electrons. The largest absolute Gasteiger partial charge is 0.491 e. The Morgan fingerprint density at radius 2 is 2.13 bits per heavy atom. The van der Waals surface area contributed by atoms with Gasteiger partial charge in [-0.1, -0.05) is 32.0 Å². The van der Waals surface area contributed by atoms with Gasteiger partial charge in [-0.05, 0) is 48.2 Å². The number of carbonyl (C=O) groups excluding carboxylic acids is 1. The van der Waals surface area contributed by atoms with E-state index in [9.17, 15) is 4.79 Å². The van der Waals surface area contributed by atoms with Crippen molar-refractivity contribution in [3.63, 3.8) is 0 Å². The number of carbonyl (C=O) groups is 1. The summed E-state index contributed by atoms with van der Waals surface area (Å²) in [5.74, 6) is 0.424. The number of para-hydroxylation sites is 1. The first kappa shape index (κ1) is 25.9. The van der Waals surface area contributed by atoms with Gasteiger partial charge >= 0.3 is 6.03 Å². The highest BCUT2D eigenvalue weighted by Crippen LogP contribution is 2.38. The minimum absolute atomic E-state index is 0.00292. The van der Waals surface area contributed by atoms with Crippen LogP contribution in [0.3, 0.4) is 0 Å². The Morgan fingerprint density at radius 1 is 1.32 bits per heavy atom. The molecular weight excluding hydrogens is 529 g/mol. The van der Waals surface area contributed by atoms with Crippen molar-refractivity contribution in [1.82, 2.24) is 19.1 Å². The number of nitrogens with two attached hydrogens (primary N) is 1. The molecule has 12 heteroatoms. The highest BCUT2D eigenvalue weighted by Gasteiger charge is 2.29. The van der Waals surface area contributed by atoms with Crippen molar-refractivity contribution in [1.29, 1.82) is 0 Å². The van der Waals surface area contributed by atoms with E-state index in [0.29, 0.717) is 48.5 Å². The zero-order chi connectivity index (χ0) is 27.0. The molecule has 3 N–H and O–H groups in total. The van der Waals surface area contributed by atoms with Crippen LogP contribution in [-0.4, -0.2) is 38.3 Å². The Bertz CT molecular complexity index is 1500. The quantitative estimate of drug-likeness (QED) is 0.308. The van der Waals surface area contributed by atoms with E-state index < -0.39 is 11.8 Å². The predicted molar refractivity (Wildman–Crippen MR) is 147 cm³/mol. The smallest absolute Gasteiger partial charge is 0.316 e. The average molecular weight is 556 g/mol. The molecule has 38 heavy (non-hydrogen) atoms. The van der Waals surface area contributed by atoms with Crippen molar-refractivity contribution in [2.24, 2.45) is 11.7 Å². The lowest BCUT2D eigenvalue weighted by atomic mass is 10.00. The third-order valence-electron chi connectivity index (χ3n) is 6.18. The molecule has 1 aliphatic heterocycles. The first-order chi connectivity index (χ1) is 18.2. The standard InChI is InChI=1S/C26H27ClFN7O2S/c1-14(2)13-37-21-6-4-5-15(3)22(21)35-23(16-7-8-20(18(28)11-16)30-25(29)36)17-12-34(10-9-19(17)32-35)26-31-24(27)33-38-26/h4-8,11,14H,9-10,12-13H2,1-3H3,(H3,29,30,36). The van der Waals surface area contributed by atoms with Gasteiger partial charge in [-0.2, -0.15) is 14.5 Å². The molecule has 0 aliphatic carbocycles. The fraction of sp³-hybridized carbons (Fsp3) is 0.308. The number of ether oxygens (including phenoxy) is 1. The van der Waals surface area contributed by atoms with Gasteiger partial charge in [0.25, 0.3) is 0 Å². The lowest BCUT2D eigenvalue weighted by Crippen LogP contribution is -2.30. The number of aryl methyl sites for hydroxylation is 1. The summed E-state index contributed by atoms with van der Waals surface area (Å²) in [6.07, 6.45) is 0.657. The van der Waals surface area contributed by atoms with E-state index in [2.05, 4.69) is 33.4 Å². The maximum Gasteiger partial charge on any atom is 0.316 e. The van der Waals surface area contributed by atoms with Crippen LogP contribution in [0.15, 0.2) is 36.4 Å². The Morgan fingerprint density at radius 3 is 2.82 bits per heavy atom. The van der Waals surface area contributed by atoms with Gasteiger partial charge in [0.1, 0.15) is 17.3 Å². The van der Waals surface area contributed by atoms with Crippen molar-refractivity contribution in [3.8, 4) is 22.7 Å². The maximum atomic E-state index is 15.1. The fourth-order valence-electron chi connectivity index (χ4n) is 4.49. The van der Waals surface area contributed by atoms with E-state index in [1.165, 1.54) is 23.7 Å². The van der Waals surface area contributed by atoms with Crippen molar-refractivity contribution in [2.75, 3.05) is 23.4 Å². The van der Waals surface area contributed by atoms with E-state index >= 15 is 4.39 Å². The molecular formula is C26H27ClFN7O2S. The molecule has 3 heterocycles. The monoisotopic (exact) mass is 555 g/mol. The molecule has 0 saturated heterocycles. The second-order valence-corrected chi connectivity index (χ2v) is 10.6. The van der Waals surface area contributed by atoms with E-state index in [1.807, 2.05) is 29.8 Å². The molecule has 0 atom stereocenters. The summed E-state index contributed by atoms with van der Waals surface area (Å²) in [5.41, 5.74) is 10.1. The van der Waals surface area contributed by atoms with E-state index in [0.717, 1.165) is 28.2 Å². The van der Waals surface area contributed by atoms with Gasteiger partial charge in [0.15, 0.2) is 0 Å². The average Bonchev–Trinajstić information content (AvgIpc) is 3.46. The number of hydrogen-bond donors (Lipinski definition) is 2. The number of nitrogens with one attached hydrogen (secondary N) is 1. The van der Waals surface area contributed by atoms with Gasteiger partial charge in [-0.25, -0.2) is 13.9 Å². The highest BCUT2D eigenvalue weighted by atomic mass is 35.5. The Kier molecular flexibility index (Phi) is 7.22. The summed E-state index contributed by atoms with van der Waals surface area (Å²) in [7, 11) is 0. The normalized spacial score (nSPS) is 13.1. The first-order valence-electron chi connectivity index (χ1n) is 12.2. The van der Waals surface area contributed by atoms with Gasteiger partial charge in [0.2, 0.25) is 10.4 Å². The molecule has 5 rings (SSSR count). The molecule has 0 spiro atoms. The lowest BCUT2D eigenvalue weighted by molar-refractivity contribution is 0.259. The lowest BCUT2D eigenvalue weighted by Gasteiger charge is -2.26. The molecule has 2 aromatic carbocycles. The molecule has 1 aliphatic rings. The van der Waals surface area contributed by atoms with Crippen LogP contribution in [0.1, 0.15) is 30.7 Å². The topological polar surface area (TPSA) is 111 Å². The van der Waals surface area contributed by atoms with Crippen LogP contribution in [0, 0.1) is 18.7 Å². The van der Waals surface area contributed by atoms with Crippen molar-refractivity contribution < 1.29 is 13.9 Å². The van der Waals surface area contributed by atoms with Crippen molar-refractivity contribution in [2.45, 2.75) is 33.7 Å². The summed E-state index contributed by atoms with van der Waals surface area (Å²) in [5, 5.41) is 8.25. The van der Waals surface area contributed by atoms with Crippen LogP contribution in [0.2, 0.25) is 5.28 Å². The molecule has 0 bridgehead atoms. The summed E-state index contributed by atoms with van der Waals surface area (Å²) in [6.45, 7) is 7.90. The molecule has 0 radical (unpaired) electrons.